The first-order chi connectivity index (χ1) is 7.63. The molecule has 16 heavy (non-hydrogen) atoms. The van der Waals surface area contributed by atoms with Crippen molar-refractivity contribution in [2.24, 2.45) is 0 Å². The molecule has 0 aliphatic rings. The molecule has 0 amide bonds. The minimum absolute atomic E-state index is 0.0510. The molecule has 0 aliphatic carbocycles. The number of likely N-dealkylation sites (N-methyl/N-ethyl adjacent to an activating group) is 1. The second-order valence-corrected chi connectivity index (χ2v) is 3.74. The van der Waals surface area contributed by atoms with Crippen LogP contribution in [0.4, 0.5) is 4.39 Å². The van der Waals surface area contributed by atoms with Crippen LogP contribution in [0, 0.1) is 17.1 Å². The number of nitrogens with zero attached hydrogens (tertiary/aromatic N) is 2. The summed E-state index contributed by atoms with van der Waals surface area (Å²) in [5, 5.41) is 8.64. The summed E-state index contributed by atoms with van der Waals surface area (Å²) in [6.07, 6.45) is 0.411. The van der Waals surface area contributed by atoms with Gasteiger partial charge in [0.15, 0.2) is 0 Å². The molecule has 0 aliphatic heterocycles. The Morgan fingerprint density at radius 2 is 2.00 bits per heavy atom. The molecule has 4 heteroatoms. The molecule has 0 radical (unpaired) electrons. The van der Waals surface area contributed by atoms with E-state index in [1.807, 2.05) is 19.0 Å². The van der Waals surface area contributed by atoms with Crippen LogP contribution >= 0.6 is 0 Å². The number of rotatable bonds is 5. The number of hydrogen-bond donors (Lipinski definition) is 0. The van der Waals surface area contributed by atoms with Crippen LogP contribution in [-0.4, -0.2) is 31.6 Å². The Kier molecular flexibility index (Phi) is 4.74. The van der Waals surface area contributed by atoms with Gasteiger partial charge in [-0.25, -0.2) is 4.39 Å². The average molecular weight is 222 g/mol. The van der Waals surface area contributed by atoms with Crippen molar-refractivity contribution in [1.82, 2.24) is 4.90 Å². The van der Waals surface area contributed by atoms with Gasteiger partial charge in [-0.1, -0.05) is 0 Å². The van der Waals surface area contributed by atoms with E-state index in [1.165, 1.54) is 12.1 Å². The number of nitriles is 1. The molecule has 0 fully saturated rings. The molecule has 0 spiro atoms. The third-order valence-electron chi connectivity index (χ3n) is 2.31. The second kappa shape index (κ2) is 6.09. The average Bonchev–Trinajstić information content (AvgIpc) is 2.26. The zero-order valence-electron chi connectivity index (χ0n) is 9.48. The van der Waals surface area contributed by atoms with Crippen LogP contribution < -0.4 is 4.74 Å². The molecule has 0 saturated carbocycles. The van der Waals surface area contributed by atoms with E-state index in [9.17, 15) is 4.39 Å². The van der Waals surface area contributed by atoms with Crippen LogP contribution in [0.15, 0.2) is 24.3 Å². The van der Waals surface area contributed by atoms with Gasteiger partial charge in [-0.05, 0) is 38.4 Å². The van der Waals surface area contributed by atoms with Gasteiger partial charge in [-0.2, -0.15) is 5.26 Å². The minimum atomic E-state index is -0.284. The lowest BCUT2D eigenvalue weighted by molar-refractivity contribution is 0.188. The number of ether oxygens (including phenoxy) is 1. The Hall–Kier alpha value is -1.60. The highest BCUT2D eigenvalue weighted by Crippen LogP contribution is 2.12. The van der Waals surface area contributed by atoms with Gasteiger partial charge in [0.2, 0.25) is 0 Å². The molecular weight excluding hydrogens is 207 g/mol. The topological polar surface area (TPSA) is 36.3 Å². The molecule has 1 unspecified atom stereocenters. The van der Waals surface area contributed by atoms with Crippen molar-refractivity contribution < 1.29 is 9.13 Å². The van der Waals surface area contributed by atoms with Crippen molar-refractivity contribution in [2.45, 2.75) is 12.5 Å². The summed E-state index contributed by atoms with van der Waals surface area (Å²) in [6.45, 7) is 0.423. The molecule has 0 aromatic heterocycles. The summed E-state index contributed by atoms with van der Waals surface area (Å²) in [6, 6.07) is 8.02. The van der Waals surface area contributed by atoms with Crippen molar-refractivity contribution in [3.05, 3.63) is 30.1 Å². The van der Waals surface area contributed by atoms with Gasteiger partial charge in [0.25, 0.3) is 0 Å². The zero-order valence-corrected chi connectivity index (χ0v) is 9.48. The van der Waals surface area contributed by atoms with E-state index in [0.29, 0.717) is 18.8 Å². The van der Waals surface area contributed by atoms with Gasteiger partial charge in [0.05, 0.1) is 18.5 Å². The summed E-state index contributed by atoms with van der Waals surface area (Å²) in [4.78, 5) is 1.94. The molecule has 1 aromatic rings. The van der Waals surface area contributed by atoms with E-state index in [0.717, 1.165) is 0 Å². The van der Waals surface area contributed by atoms with Crippen molar-refractivity contribution >= 4 is 0 Å². The van der Waals surface area contributed by atoms with Crippen molar-refractivity contribution in [3.63, 3.8) is 0 Å². The molecule has 0 saturated heterocycles. The van der Waals surface area contributed by atoms with Crippen LogP contribution in [0.3, 0.4) is 0 Å². The smallest absolute Gasteiger partial charge is 0.123 e. The maximum absolute atomic E-state index is 12.6. The van der Waals surface area contributed by atoms with E-state index in [1.54, 1.807) is 12.1 Å². The summed E-state index contributed by atoms with van der Waals surface area (Å²) in [5.41, 5.74) is 0. The predicted octanol–water partition coefficient (Wildman–Crippen LogP) is 2.05. The number of halogens is 1. The van der Waals surface area contributed by atoms with Crippen LogP contribution in [-0.2, 0) is 0 Å². The molecule has 1 aromatic carbocycles. The standard InChI is InChI=1S/C12H15FN2O/c1-15(2)11(7-8-14)9-16-12-5-3-10(13)4-6-12/h3-6,11H,7,9H2,1-2H3. The normalized spacial score (nSPS) is 12.2. The molecular formula is C12H15FN2O. The fraction of sp³-hybridized carbons (Fsp3) is 0.417. The highest BCUT2D eigenvalue weighted by molar-refractivity contribution is 5.22. The summed E-state index contributed by atoms with van der Waals surface area (Å²) >= 11 is 0. The van der Waals surface area contributed by atoms with Crippen molar-refractivity contribution in [1.29, 1.82) is 5.26 Å². The predicted molar refractivity (Wildman–Crippen MR) is 59.6 cm³/mol. The lowest BCUT2D eigenvalue weighted by Crippen LogP contribution is -2.33. The van der Waals surface area contributed by atoms with Crippen LogP contribution in [0.5, 0.6) is 5.75 Å². The molecule has 1 atom stereocenters. The molecule has 0 N–H and O–H groups in total. The Morgan fingerprint density at radius 3 is 2.50 bits per heavy atom. The lowest BCUT2D eigenvalue weighted by atomic mass is 10.2. The van der Waals surface area contributed by atoms with Crippen LogP contribution in [0.2, 0.25) is 0 Å². The van der Waals surface area contributed by atoms with E-state index in [4.69, 9.17) is 10.00 Å². The largest absolute Gasteiger partial charge is 0.492 e. The Bertz CT molecular complexity index is 356. The highest BCUT2D eigenvalue weighted by Gasteiger charge is 2.11. The number of benzene rings is 1. The first-order valence-electron chi connectivity index (χ1n) is 5.05. The van der Waals surface area contributed by atoms with Gasteiger partial charge >= 0.3 is 0 Å². The zero-order chi connectivity index (χ0) is 12.0. The SMILES string of the molecule is CN(C)C(CC#N)COc1ccc(F)cc1. The highest BCUT2D eigenvalue weighted by atomic mass is 19.1. The van der Waals surface area contributed by atoms with Crippen molar-refractivity contribution in [3.8, 4) is 11.8 Å². The van der Waals surface area contributed by atoms with Gasteiger partial charge in [-0.3, -0.25) is 0 Å². The van der Waals surface area contributed by atoms with Gasteiger partial charge in [0, 0.05) is 0 Å². The molecule has 1 rings (SSSR count). The fourth-order valence-corrected chi connectivity index (χ4v) is 1.22. The van der Waals surface area contributed by atoms with Crippen LogP contribution in [0.25, 0.3) is 0 Å². The van der Waals surface area contributed by atoms with Gasteiger partial charge < -0.3 is 9.64 Å². The second-order valence-electron chi connectivity index (χ2n) is 3.74. The fourth-order valence-electron chi connectivity index (χ4n) is 1.22. The summed E-state index contributed by atoms with van der Waals surface area (Å²) in [7, 11) is 3.80. The maximum Gasteiger partial charge on any atom is 0.123 e. The molecule has 86 valence electrons. The van der Waals surface area contributed by atoms with E-state index < -0.39 is 0 Å². The lowest BCUT2D eigenvalue weighted by Gasteiger charge is -2.21. The monoisotopic (exact) mass is 222 g/mol. The van der Waals surface area contributed by atoms with Crippen LogP contribution in [0.1, 0.15) is 6.42 Å². The van der Waals surface area contributed by atoms with Crippen molar-refractivity contribution in [2.75, 3.05) is 20.7 Å². The Balaban J connectivity index is 2.49. The third-order valence-corrected chi connectivity index (χ3v) is 2.31. The molecule has 0 bridgehead atoms. The van der Waals surface area contributed by atoms with E-state index >= 15 is 0 Å². The maximum atomic E-state index is 12.6. The first-order valence-corrected chi connectivity index (χ1v) is 5.05. The quantitative estimate of drug-likeness (QED) is 0.765. The number of hydrogen-bond acceptors (Lipinski definition) is 3. The Morgan fingerprint density at radius 1 is 1.38 bits per heavy atom. The Labute approximate surface area is 95.1 Å². The molecule has 3 nitrogen and oxygen atoms in total. The third kappa shape index (κ3) is 3.87. The first kappa shape index (κ1) is 12.5. The van der Waals surface area contributed by atoms with E-state index in [2.05, 4.69) is 6.07 Å². The summed E-state index contributed by atoms with van der Waals surface area (Å²) < 4.78 is 18.1. The minimum Gasteiger partial charge on any atom is -0.492 e. The summed E-state index contributed by atoms with van der Waals surface area (Å²) in [5.74, 6) is 0.333. The van der Waals surface area contributed by atoms with Gasteiger partial charge in [-0.15, -0.1) is 0 Å². The van der Waals surface area contributed by atoms with E-state index in [-0.39, 0.29) is 11.9 Å². The molecule has 0 heterocycles. The van der Waals surface area contributed by atoms with Gasteiger partial charge in [0.1, 0.15) is 18.2 Å².